The van der Waals surface area contributed by atoms with Crippen LogP contribution in [0.2, 0.25) is 0 Å². The van der Waals surface area contributed by atoms with Crippen molar-refractivity contribution in [1.29, 1.82) is 0 Å². The molecule has 2 rings (SSSR count). The van der Waals surface area contributed by atoms with E-state index in [1.165, 1.54) is 25.7 Å². The molecule has 1 heterocycles. The van der Waals surface area contributed by atoms with Gasteiger partial charge in [-0.05, 0) is 32.4 Å². The number of ether oxygens (including phenoxy) is 1. The largest absolute Gasteiger partial charge is 0.383 e. The quantitative estimate of drug-likeness (QED) is 0.301. The summed E-state index contributed by atoms with van der Waals surface area (Å²) in [6, 6.07) is 0.815. The molecule has 1 unspecified atom stereocenters. The summed E-state index contributed by atoms with van der Waals surface area (Å²) in [5, 5.41) is 16.5. The number of rotatable bonds is 9. The lowest BCUT2D eigenvalue weighted by molar-refractivity contribution is 0.179. The summed E-state index contributed by atoms with van der Waals surface area (Å²) in [5.41, 5.74) is 0. The maximum Gasteiger partial charge on any atom is 0.191 e. The van der Waals surface area contributed by atoms with Crippen LogP contribution in [0.25, 0.3) is 0 Å². The van der Waals surface area contributed by atoms with Gasteiger partial charge >= 0.3 is 0 Å². The van der Waals surface area contributed by atoms with Crippen molar-refractivity contribution < 1.29 is 4.74 Å². The van der Waals surface area contributed by atoms with Gasteiger partial charge in [0.2, 0.25) is 0 Å². The Labute approximate surface area is 155 Å². The zero-order valence-corrected chi connectivity index (χ0v) is 16.7. The minimum Gasteiger partial charge on any atom is -0.383 e. The van der Waals surface area contributed by atoms with E-state index in [0.717, 1.165) is 36.3 Å². The van der Waals surface area contributed by atoms with Gasteiger partial charge in [0.1, 0.15) is 5.82 Å². The van der Waals surface area contributed by atoms with Crippen molar-refractivity contribution in [3.05, 3.63) is 5.82 Å². The molecule has 25 heavy (non-hydrogen) atoms. The van der Waals surface area contributed by atoms with E-state index in [-0.39, 0.29) is 6.04 Å². The highest BCUT2D eigenvalue weighted by atomic mass is 32.2. The van der Waals surface area contributed by atoms with E-state index in [9.17, 15) is 0 Å². The van der Waals surface area contributed by atoms with Gasteiger partial charge in [-0.3, -0.25) is 4.99 Å². The van der Waals surface area contributed by atoms with Crippen LogP contribution in [0.5, 0.6) is 0 Å². The SMILES string of the molecule is CN=C(NCCCc1nnc(SC)n1C1CCCC1)NC(C)COC. The van der Waals surface area contributed by atoms with Crippen LogP contribution >= 0.6 is 11.8 Å². The third-order valence-corrected chi connectivity index (χ3v) is 5.14. The summed E-state index contributed by atoms with van der Waals surface area (Å²) < 4.78 is 7.52. The van der Waals surface area contributed by atoms with E-state index in [0.29, 0.717) is 12.6 Å². The second-order valence-electron chi connectivity index (χ2n) is 6.51. The van der Waals surface area contributed by atoms with Crippen LogP contribution in [-0.4, -0.2) is 60.3 Å². The van der Waals surface area contributed by atoms with Gasteiger partial charge in [0.15, 0.2) is 11.1 Å². The molecule has 0 amide bonds. The average molecular weight is 369 g/mol. The number of aryl methyl sites for hydroxylation is 1. The number of nitrogens with zero attached hydrogens (tertiary/aromatic N) is 4. The van der Waals surface area contributed by atoms with Gasteiger partial charge in [0, 0.05) is 39.2 Å². The molecular weight excluding hydrogens is 336 g/mol. The maximum absolute atomic E-state index is 5.14. The second-order valence-corrected chi connectivity index (χ2v) is 7.29. The summed E-state index contributed by atoms with van der Waals surface area (Å²) in [4.78, 5) is 4.26. The first-order chi connectivity index (χ1) is 12.2. The highest BCUT2D eigenvalue weighted by Gasteiger charge is 2.23. The van der Waals surface area contributed by atoms with Crippen molar-refractivity contribution >= 4 is 17.7 Å². The zero-order chi connectivity index (χ0) is 18.1. The van der Waals surface area contributed by atoms with Crippen LogP contribution in [0.4, 0.5) is 0 Å². The molecule has 1 fully saturated rings. The predicted molar refractivity (Wildman–Crippen MR) is 103 cm³/mol. The first-order valence-corrected chi connectivity index (χ1v) is 10.4. The minimum atomic E-state index is 0.228. The average Bonchev–Trinajstić information content (AvgIpc) is 3.26. The molecule has 1 aliphatic rings. The summed E-state index contributed by atoms with van der Waals surface area (Å²) in [7, 11) is 3.49. The number of hydrogen-bond donors (Lipinski definition) is 2. The molecule has 0 saturated heterocycles. The molecule has 1 aromatic rings. The summed E-state index contributed by atoms with van der Waals surface area (Å²) in [6.07, 6.45) is 9.16. The first kappa shape index (κ1) is 20.0. The van der Waals surface area contributed by atoms with Crippen molar-refractivity contribution in [2.75, 3.05) is 33.6 Å². The fraction of sp³-hybridized carbons (Fsp3) is 0.824. The highest BCUT2D eigenvalue weighted by Crippen LogP contribution is 2.33. The molecule has 0 spiro atoms. The first-order valence-electron chi connectivity index (χ1n) is 9.13. The second kappa shape index (κ2) is 10.7. The smallest absolute Gasteiger partial charge is 0.191 e. The van der Waals surface area contributed by atoms with E-state index in [1.807, 2.05) is 0 Å². The van der Waals surface area contributed by atoms with Gasteiger partial charge in [-0.25, -0.2) is 0 Å². The molecular formula is C17H32N6OS. The van der Waals surface area contributed by atoms with Crippen molar-refractivity contribution in [1.82, 2.24) is 25.4 Å². The fourth-order valence-corrected chi connectivity index (χ4v) is 3.89. The van der Waals surface area contributed by atoms with Gasteiger partial charge in [-0.1, -0.05) is 24.6 Å². The van der Waals surface area contributed by atoms with E-state index in [1.54, 1.807) is 25.9 Å². The lowest BCUT2D eigenvalue weighted by Crippen LogP contribution is -2.44. The lowest BCUT2D eigenvalue weighted by atomic mass is 10.2. The van der Waals surface area contributed by atoms with Gasteiger partial charge in [-0.15, -0.1) is 10.2 Å². The molecule has 7 nitrogen and oxygen atoms in total. The van der Waals surface area contributed by atoms with E-state index < -0.39 is 0 Å². The van der Waals surface area contributed by atoms with Gasteiger partial charge in [0.25, 0.3) is 0 Å². The number of thioether (sulfide) groups is 1. The Morgan fingerprint density at radius 2 is 2.16 bits per heavy atom. The van der Waals surface area contributed by atoms with Gasteiger partial charge < -0.3 is 19.9 Å². The van der Waals surface area contributed by atoms with E-state index >= 15 is 0 Å². The van der Waals surface area contributed by atoms with Gasteiger partial charge in [0.05, 0.1) is 6.61 Å². The molecule has 142 valence electrons. The van der Waals surface area contributed by atoms with Crippen LogP contribution in [0.15, 0.2) is 10.1 Å². The van der Waals surface area contributed by atoms with Gasteiger partial charge in [-0.2, -0.15) is 0 Å². The number of guanidine groups is 1. The topological polar surface area (TPSA) is 76.4 Å². The highest BCUT2D eigenvalue weighted by molar-refractivity contribution is 7.98. The summed E-state index contributed by atoms with van der Waals surface area (Å²) >= 11 is 1.70. The third kappa shape index (κ3) is 5.88. The van der Waals surface area contributed by atoms with Crippen LogP contribution in [0.3, 0.4) is 0 Å². The van der Waals surface area contributed by atoms with E-state index in [2.05, 4.69) is 43.6 Å². The Bertz CT molecular complexity index is 541. The Balaban J connectivity index is 1.82. The third-order valence-electron chi connectivity index (χ3n) is 4.50. The normalized spacial score (nSPS) is 17.0. The van der Waals surface area contributed by atoms with Crippen molar-refractivity contribution in [3.8, 4) is 0 Å². The lowest BCUT2D eigenvalue weighted by Gasteiger charge is -2.18. The fourth-order valence-electron chi connectivity index (χ4n) is 3.32. The Morgan fingerprint density at radius 3 is 2.80 bits per heavy atom. The van der Waals surface area contributed by atoms with Crippen molar-refractivity contribution in [2.24, 2.45) is 4.99 Å². The standard InChI is InChI=1S/C17H32N6OS/c1-13(12-24-3)20-16(18-2)19-11-7-10-15-21-22-17(25-4)23(15)14-8-5-6-9-14/h13-14H,5-12H2,1-4H3,(H2,18,19,20). The predicted octanol–water partition coefficient (Wildman–Crippen LogP) is 2.25. The molecule has 8 heteroatoms. The molecule has 0 aliphatic heterocycles. The van der Waals surface area contributed by atoms with E-state index in [4.69, 9.17) is 4.74 Å². The molecule has 1 aromatic heterocycles. The molecule has 1 atom stereocenters. The number of aromatic nitrogens is 3. The Morgan fingerprint density at radius 1 is 1.40 bits per heavy atom. The molecule has 1 aliphatic carbocycles. The van der Waals surface area contributed by atoms with Crippen LogP contribution in [-0.2, 0) is 11.2 Å². The number of nitrogens with one attached hydrogen (secondary N) is 2. The van der Waals surface area contributed by atoms with Crippen molar-refractivity contribution in [2.45, 2.75) is 62.7 Å². The Hall–Kier alpha value is -1.28. The maximum atomic E-state index is 5.14. The van der Waals surface area contributed by atoms with Crippen molar-refractivity contribution in [3.63, 3.8) is 0 Å². The number of methoxy groups -OCH3 is 1. The summed E-state index contributed by atoms with van der Waals surface area (Å²) in [5.74, 6) is 1.93. The molecule has 1 saturated carbocycles. The monoisotopic (exact) mass is 368 g/mol. The summed E-state index contributed by atoms with van der Waals surface area (Å²) in [6.45, 7) is 3.58. The van der Waals surface area contributed by atoms with Crippen LogP contribution < -0.4 is 10.6 Å². The Kier molecular flexibility index (Phi) is 8.54. The molecule has 0 bridgehead atoms. The van der Waals surface area contributed by atoms with Crippen LogP contribution in [0, 0.1) is 0 Å². The van der Waals surface area contributed by atoms with Crippen LogP contribution in [0.1, 0.15) is 50.9 Å². The molecule has 0 aromatic carbocycles. The number of aliphatic imine (C=N–C) groups is 1. The molecule has 0 radical (unpaired) electrons. The molecule has 2 N–H and O–H groups in total. The zero-order valence-electron chi connectivity index (χ0n) is 15.9. The number of hydrogen-bond acceptors (Lipinski definition) is 5. The minimum absolute atomic E-state index is 0.228.